The van der Waals surface area contributed by atoms with Crippen molar-refractivity contribution in [3.8, 4) is 0 Å². The first kappa shape index (κ1) is 13.3. The highest BCUT2D eigenvalue weighted by molar-refractivity contribution is 5.26. The average molecular weight is 267 g/mol. The van der Waals surface area contributed by atoms with E-state index >= 15 is 0 Å². The zero-order valence-corrected chi connectivity index (χ0v) is 12.1. The van der Waals surface area contributed by atoms with Crippen LogP contribution in [-0.2, 0) is 4.74 Å². The first-order valence-corrected chi connectivity index (χ1v) is 7.22. The van der Waals surface area contributed by atoms with E-state index in [-0.39, 0.29) is 12.2 Å². The van der Waals surface area contributed by atoms with Crippen LogP contribution in [0.2, 0.25) is 0 Å². The van der Waals surface area contributed by atoms with Crippen LogP contribution in [0, 0.1) is 13.8 Å². The summed E-state index contributed by atoms with van der Waals surface area (Å²) in [6.45, 7) is 5.98. The number of aryl methyl sites for hydroxylation is 2. The van der Waals surface area contributed by atoms with Crippen LogP contribution in [0.4, 0.5) is 0 Å². The van der Waals surface area contributed by atoms with E-state index in [0.29, 0.717) is 0 Å². The Labute approximate surface area is 120 Å². The zero-order valence-electron chi connectivity index (χ0n) is 12.1. The van der Waals surface area contributed by atoms with E-state index in [1.807, 2.05) is 0 Å². The molecular weight excluding hydrogens is 246 g/mol. The molecule has 0 bridgehead atoms. The van der Waals surface area contributed by atoms with Crippen LogP contribution in [0.5, 0.6) is 0 Å². The monoisotopic (exact) mass is 267 g/mol. The fourth-order valence-corrected chi connectivity index (χ4v) is 2.60. The second kappa shape index (κ2) is 5.78. The normalized spacial score (nSPS) is 22.7. The largest absolute Gasteiger partial charge is 0.363 e. The number of nitrogens with one attached hydrogen (secondary N) is 1. The molecule has 3 rings (SSSR count). The van der Waals surface area contributed by atoms with Gasteiger partial charge in [0.1, 0.15) is 0 Å². The maximum absolute atomic E-state index is 6.28. The van der Waals surface area contributed by atoms with E-state index in [1.165, 1.54) is 22.3 Å². The number of rotatable bonds is 2. The van der Waals surface area contributed by atoms with Crippen LogP contribution in [0.3, 0.4) is 0 Å². The van der Waals surface area contributed by atoms with Crippen molar-refractivity contribution in [1.82, 2.24) is 5.32 Å². The first-order chi connectivity index (χ1) is 9.72. The van der Waals surface area contributed by atoms with Gasteiger partial charge < -0.3 is 10.1 Å². The van der Waals surface area contributed by atoms with Gasteiger partial charge in [-0.1, -0.05) is 59.7 Å². The van der Waals surface area contributed by atoms with Gasteiger partial charge in [-0.25, -0.2) is 0 Å². The molecule has 1 heterocycles. The third-order valence-electron chi connectivity index (χ3n) is 3.89. The minimum absolute atomic E-state index is 0.135. The number of benzene rings is 2. The quantitative estimate of drug-likeness (QED) is 0.895. The van der Waals surface area contributed by atoms with E-state index in [0.717, 1.165) is 13.1 Å². The molecule has 20 heavy (non-hydrogen) atoms. The lowest BCUT2D eigenvalue weighted by molar-refractivity contribution is -0.0406. The fourth-order valence-electron chi connectivity index (χ4n) is 2.60. The average Bonchev–Trinajstić information content (AvgIpc) is 2.49. The lowest BCUT2D eigenvalue weighted by Gasteiger charge is -2.31. The molecule has 1 saturated heterocycles. The van der Waals surface area contributed by atoms with Gasteiger partial charge in [0.05, 0.1) is 12.2 Å². The molecule has 2 atom stereocenters. The van der Waals surface area contributed by atoms with Crippen LogP contribution in [-0.4, -0.2) is 13.1 Å². The zero-order chi connectivity index (χ0) is 13.9. The third-order valence-corrected chi connectivity index (χ3v) is 3.89. The standard InChI is InChI=1S/C18H21NO/c1-13-3-7-15(8-4-13)17-11-19-12-18(20-17)16-9-5-14(2)6-10-16/h3-10,17-19H,11-12H2,1-2H3. The summed E-state index contributed by atoms with van der Waals surface area (Å²) in [5.41, 5.74) is 5.07. The van der Waals surface area contributed by atoms with Crippen molar-refractivity contribution in [3.05, 3.63) is 70.8 Å². The number of ether oxygens (including phenoxy) is 1. The molecule has 0 radical (unpaired) electrons. The minimum Gasteiger partial charge on any atom is -0.363 e. The predicted molar refractivity (Wildman–Crippen MR) is 81.8 cm³/mol. The molecule has 0 saturated carbocycles. The number of hydrogen-bond donors (Lipinski definition) is 1. The topological polar surface area (TPSA) is 21.3 Å². The number of hydrogen-bond acceptors (Lipinski definition) is 2. The van der Waals surface area contributed by atoms with Crippen molar-refractivity contribution >= 4 is 0 Å². The molecule has 1 aliphatic rings. The molecule has 2 aromatic rings. The van der Waals surface area contributed by atoms with Gasteiger partial charge in [-0.05, 0) is 25.0 Å². The van der Waals surface area contributed by atoms with Gasteiger partial charge in [-0.3, -0.25) is 0 Å². The highest BCUT2D eigenvalue weighted by atomic mass is 16.5. The maximum Gasteiger partial charge on any atom is 0.0958 e. The van der Waals surface area contributed by atoms with Crippen LogP contribution in [0.1, 0.15) is 34.5 Å². The van der Waals surface area contributed by atoms with Crippen molar-refractivity contribution < 1.29 is 4.74 Å². The Kier molecular flexibility index (Phi) is 3.86. The molecule has 0 spiro atoms. The smallest absolute Gasteiger partial charge is 0.0958 e. The lowest BCUT2D eigenvalue weighted by atomic mass is 10.0. The molecular formula is C18H21NO. The molecule has 2 nitrogen and oxygen atoms in total. The summed E-state index contributed by atoms with van der Waals surface area (Å²) >= 11 is 0. The molecule has 2 aromatic carbocycles. The summed E-state index contributed by atoms with van der Waals surface area (Å²) in [6.07, 6.45) is 0.270. The van der Waals surface area contributed by atoms with E-state index in [4.69, 9.17) is 4.74 Å². The molecule has 2 heteroatoms. The van der Waals surface area contributed by atoms with Crippen molar-refractivity contribution in [2.24, 2.45) is 0 Å². The highest BCUT2D eigenvalue weighted by Gasteiger charge is 2.24. The first-order valence-electron chi connectivity index (χ1n) is 7.22. The molecule has 1 fully saturated rings. The van der Waals surface area contributed by atoms with E-state index in [2.05, 4.69) is 67.7 Å². The predicted octanol–water partition coefficient (Wildman–Crippen LogP) is 3.71. The summed E-state index contributed by atoms with van der Waals surface area (Å²) < 4.78 is 6.28. The highest BCUT2D eigenvalue weighted by Crippen LogP contribution is 2.29. The Hall–Kier alpha value is -1.64. The second-order valence-corrected chi connectivity index (χ2v) is 5.59. The molecule has 0 amide bonds. The van der Waals surface area contributed by atoms with Gasteiger partial charge in [0.2, 0.25) is 0 Å². The summed E-state index contributed by atoms with van der Waals surface area (Å²) in [5, 5.41) is 3.49. The molecule has 0 aromatic heterocycles. The Morgan fingerprint density at radius 2 is 1.15 bits per heavy atom. The van der Waals surface area contributed by atoms with Gasteiger partial charge in [0, 0.05) is 13.1 Å². The molecule has 1 aliphatic heterocycles. The Bertz CT molecular complexity index is 507. The summed E-state index contributed by atoms with van der Waals surface area (Å²) in [7, 11) is 0. The van der Waals surface area contributed by atoms with Crippen molar-refractivity contribution in [2.75, 3.05) is 13.1 Å². The Morgan fingerprint density at radius 3 is 1.55 bits per heavy atom. The van der Waals surface area contributed by atoms with E-state index in [9.17, 15) is 0 Å². The van der Waals surface area contributed by atoms with Gasteiger partial charge in [-0.15, -0.1) is 0 Å². The van der Waals surface area contributed by atoms with Crippen LogP contribution in [0.15, 0.2) is 48.5 Å². The lowest BCUT2D eigenvalue weighted by Crippen LogP contribution is -2.35. The summed E-state index contributed by atoms with van der Waals surface area (Å²) in [6, 6.07) is 17.3. The van der Waals surface area contributed by atoms with Crippen molar-refractivity contribution in [1.29, 1.82) is 0 Å². The minimum atomic E-state index is 0.135. The Morgan fingerprint density at radius 1 is 0.750 bits per heavy atom. The Balaban J connectivity index is 1.76. The van der Waals surface area contributed by atoms with Gasteiger partial charge in [0.15, 0.2) is 0 Å². The molecule has 1 N–H and O–H groups in total. The van der Waals surface area contributed by atoms with E-state index in [1.54, 1.807) is 0 Å². The molecule has 0 aliphatic carbocycles. The number of morpholine rings is 1. The van der Waals surface area contributed by atoms with Crippen molar-refractivity contribution in [3.63, 3.8) is 0 Å². The van der Waals surface area contributed by atoms with E-state index < -0.39 is 0 Å². The van der Waals surface area contributed by atoms with Gasteiger partial charge in [-0.2, -0.15) is 0 Å². The molecule has 2 unspecified atom stereocenters. The van der Waals surface area contributed by atoms with Crippen LogP contribution < -0.4 is 5.32 Å². The van der Waals surface area contributed by atoms with Crippen LogP contribution >= 0.6 is 0 Å². The second-order valence-electron chi connectivity index (χ2n) is 5.59. The van der Waals surface area contributed by atoms with Gasteiger partial charge >= 0.3 is 0 Å². The maximum atomic E-state index is 6.28. The molecule has 104 valence electrons. The van der Waals surface area contributed by atoms with Gasteiger partial charge in [0.25, 0.3) is 0 Å². The van der Waals surface area contributed by atoms with Crippen LogP contribution in [0.25, 0.3) is 0 Å². The third kappa shape index (κ3) is 2.92. The summed E-state index contributed by atoms with van der Waals surface area (Å²) in [5.74, 6) is 0. The fraction of sp³-hybridized carbons (Fsp3) is 0.333. The SMILES string of the molecule is Cc1ccc(C2CNCC(c3ccc(C)cc3)O2)cc1. The van der Waals surface area contributed by atoms with Crippen molar-refractivity contribution in [2.45, 2.75) is 26.1 Å². The summed E-state index contributed by atoms with van der Waals surface area (Å²) in [4.78, 5) is 0.